The number of fused-ring (bicyclic) bond motifs is 1. The van der Waals surface area contributed by atoms with Gasteiger partial charge in [-0.15, -0.1) is 0 Å². The first-order valence-electron chi connectivity index (χ1n) is 9.03. The predicted octanol–water partition coefficient (Wildman–Crippen LogP) is 1.33. The van der Waals surface area contributed by atoms with E-state index in [9.17, 15) is 4.79 Å². The molecule has 7 nitrogen and oxygen atoms in total. The highest BCUT2D eigenvalue weighted by Crippen LogP contribution is 2.22. The number of carbonyl (C=O) groups excluding carboxylic acids is 1. The molecule has 2 atom stereocenters. The van der Waals surface area contributed by atoms with E-state index in [1.54, 1.807) is 18.6 Å². The number of imidazole rings is 1. The Hall–Kier alpha value is -2.44. The van der Waals surface area contributed by atoms with Crippen LogP contribution < -0.4 is 10.2 Å². The smallest absolute Gasteiger partial charge is 0.225 e. The highest BCUT2D eigenvalue weighted by molar-refractivity contribution is 5.79. The van der Waals surface area contributed by atoms with Crippen LogP contribution in [0.1, 0.15) is 30.8 Å². The van der Waals surface area contributed by atoms with Gasteiger partial charge in [0.2, 0.25) is 5.91 Å². The van der Waals surface area contributed by atoms with Crippen molar-refractivity contribution in [1.29, 1.82) is 0 Å². The minimum absolute atomic E-state index is 0.0154. The topological polar surface area (TPSA) is 75.9 Å². The van der Waals surface area contributed by atoms with Gasteiger partial charge in [0.05, 0.1) is 17.8 Å². The fourth-order valence-electron chi connectivity index (χ4n) is 3.88. The number of hydrogen-bond donors (Lipinski definition) is 1. The molecule has 0 unspecified atom stereocenters. The number of rotatable bonds is 3. The molecule has 4 rings (SSSR count). The van der Waals surface area contributed by atoms with Crippen molar-refractivity contribution < 1.29 is 4.79 Å². The molecule has 2 aromatic rings. The van der Waals surface area contributed by atoms with Gasteiger partial charge in [-0.3, -0.25) is 9.78 Å². The summed E-state index contributed by atoms with van der Waals surface area (Å²) in [7, 11) is 0. The Morgan fingerprint density at radius 2 is 2.20 bits per heavy atom. The first-order chi connectivity index (χ1) is 12.2. The van der Waals surface area contributed by atoms with Crippen LogP contribution in [0.5, 0.6) is 0 Å². The van der Waals surface area contributed by atoms with Gasteiger partial charge >= 0.3 is 0 Å². The predicted molar refractivity (Wildman–Crippen MR) is 94.2 cm³/mol. The van der Waals surface area contributed by atoms with Crippen molar-refractivity contribution in [3.8, 4) is 0 Å². The van der Waals surface area contributed by atoms with E-state index in [0.29, 0.717) is 6.54 Å². The molecule has 2 aliphatic heterocycles. The zero-order chi connectivity index (χ0) is 17.2. The SMILES string of the molecule is Cc1cn2c(n1)CC[C@H](NC(=O)[C@@H]1CCCN(c3cnccn3)C1)C2. The van der Waals surface area contributed by atoms with Gasteiger partial charge in [0.1, 0.15) is 11.6 Å². The van der Waals surface area contributed by atoms with Gasteiger partial charge in [-0.1, -0.05) is 0 Å². The molecule has 0 spiro atoms. The Morgan fingerprint density at radius 3 is 3.04 bits per heavy atom. The number of amides is 1. The molecule has 1 amide bonds. The van der Waals surface area contributed by atoms with Crippen LogP contribution >= 0.6 is 0 Å². The molecule has 2 aromatic heterocycles. The summed E-state index contributed by atoms with van der Waals surface area (Å²) in [4.78, 5) is 28.0. The van der Waals surface area contributed by atoms with Crippen LogP contribution in [0.25, 0.3) is 0 Å². The molecule has 0 radical (unpaired) electrons. The van der Waals surface area contributed by atoms with E-state index in [1.807, 2.05) is 6.92 Å². The van der Waals surface area contributed by atoms with Crippen molar-refractivity contribution in [3.63, 3.8) is 0 Å². The Morgan fingerprint density at radius 1 is 1.28 bits per heavy atom. The molecule has 0 bridgehead atoms. The Labute approximate surface area is 147 Å². The minimum atomic E-state index is 0.0154. The lowest BCUT2D eigenvalue weighted by molar-refractivity contribution is -0.126. The molecule has 4 heterocycles. The van der Waals surface area contributed by atoms with E-state index < -0.39 is 0 Å². The zero-order valence-electron chi connectivity index (χ0n) is 14.6. The van der Waals surface area contributed by atoms with Crippen molar-refractivity contribution in [3.05, 3.63) is 36.3 Å². The van der Waals surface area contributed by atoms with E-state index >= 15 is 0 Å². The molecule has 2 aliphatic rings. The summed E-state index contributed by atoms with van der Waals surface area (Å²) in [5.41, 5.74) is 1.05. The molecule has 7 heteroatoms. The lowest BCUT2D eigenvalue weighted by atomic mass is 9.96. The molecular weight excluding hydrogens is 316 g/mol. The molecule has 25 heavy (non-hydrogen) atoms. The summed E-state index contributed by atoms with van der Waals surface area (Å²) in [6.45, 7) is 4.49. The summed E-state index contributed by atoms with van der Waals surface area (Å²) in [6.07, 6.45) is 11.0. The van der Waals surface area contributed by atoms with Gasteiger partial charge < -0.3 is 14.8 Å². The number of aryl methyl sites for hydroxylation is 2. The third kappa shape index (κ3) is 3.50. The van der Waals surface area contributed by atoms with Gasteiger partial charge in [-0.25, -0.2) is 9.97 Å². The second-order valence-corrected chi connectivity index (χ2v) is 7.04. The van der Waals surface area contributed by atoms with Gasteiger partial charge in [0.15, 0.2) is 0 Å². The first kappa shape index (κ1) is 16.1. The molecule has 0 aliphatic carbocycles. The summed E-state index contributed by atoms with van der Waals surface area (Å²) >= 11 is 0. The van der Waals surface area contributed by atoms with Crippen LogP contribution in [0.15, 0.2) is 24.8 Å². The van der Waals surface area contributed by atoms with Gasteiger partial charge in [-0.05, 0) is 26.2 Å². The number of aromatic nitrogens is 4. The molecule has 1 saturated heterocycles. The number of nitrogens with one attached hydrogen (secondary N) is 1. The Bertz CT molecular complexity index is 743. The highest BCUT2D eigenvalue weighted by atomic mass is 16.2. The number of hydrogen-bond acceptors (Lipinski definition) is 5. The quantitative estimate of drug-likeness (QED) is 0.912. The van der Waals surface area contributed by atoms with Crippen LogP contribution in [0.4, 0.5) is 5.82 Å². The molecule has 0 aromatic carbocycles. The van der Waals surface area contributed by atoms with Gasteiger partial charge in [0.25, 0.3) is 0 Å². The van der Waals surface area contributed by atoms with Gasteiger partial charge in [-0.2, -0.15) is 0 Å². The van der Waals surface area contributed by atoms with Crippen LogP contribution in [0.3, 0.4) is 0 Å². The monoisotopic (exact) mass is 340 g/mol. The number of carbonyl (C=O) groups is 1. The van der Waals surface area contributed by atoms with Gasteiger partial charge in [0, 0.05) is 50.7 Å². The molecule has 1 fully saturated rings. The van der Waals surface area contributed by atoms with Crippen molar-refractivity contribution >= 4 is 11.7 Å². The van der Waals surface area contributed by atoms with E-state index in [4.69, 9.17) is 0 Å². The summed E-state index contributed by atoms with van der Waals surface area (Å²) < 4.78 is 2.18. The van der Waals surface area contributed by atoms with E-state index in [2.05, 4.69) is 35.9 Å². The maximum atomic E-state index is 12.8. The minimum Gasteiger partial charge on any atom is -0.355 e. The lowest BCUT2D eigenvalue weighted by Crippen LogP contribution is -2.48. The Balaban J connectivity index is 1.36. The average Bonchev–Trinajstić information content (AvgIpc) is 3.02. The van der Waals surface area contributed by atoms with Crippen molar-refractivity contribution in [2.75, 3.05) is 18.0 Å². The van der Waals surface area contributed by atoms with Crippen LogP contribution in [0.2, 0.25) is 0 Å². The van der Waals surface area contributed by atoms with E-state index in [-0.39, 0.29) is 17.9 Å². The van der Waals surface area contributed by atoms with Crippen LogP contribution in [0, 0.1) is 12.8 Å². The maximum Gasteiger partial charge on any atom is 0.225 e. The fourth-order valence-corrected chi connectivity index (χ4v) is 3.88. The second-order valence-electron chi connectivity index (χ2n) is 7.04. The molecule has 0 saturated carbocycles. The molecule has 132 valence electrons. The summed E-state index contributed by atoms with van der Waals surface area (Å²) in [6, 6.07) is 0.195. The molecule has 1 N–H and O–H groups in total. The standard InChI is InChI=1S/C18H24N6O/c1-13-10-24-12-15(4-5-16(24)21-13)22-18(25)14-3-2-8-23(11-14)17-9-19-6-7-20-17/h6-7,9-10,14-15H,2-5,8,11-12H2,1H3,(H,22,25)/t14-,15+/m1/s1. The third-order valence-corrected chi connectivity index (χ3v) is 5.13. The fraction of sp³-hybridized carbons (Fsp3) is 0.556. The summed E-state index contributed by atoms with van der Waals surface area (Å²) in [5.74, 6) is 2.17. The van der Waals surface area contributed by atoms with Crippen LogP contribution in [-0.2, 0) is 17.8 Å². The first-order valence-corrected chi connectivity index (χ1v) is 9.03. The Kier molecular flexibility index (Phi) is 4.38. The average molecular weight is 340 g/mol. The van der Waals surface area contributed by atoms with Crippen molar-refractivity contribution in [1.82, 2.24) is 24.8 Å². The number of anilines is 1. The largest absolute Gasteiger partial charge is 0.355 e. The second kappa shape index (κ2) is 6.82. The third-order valence-electron chi connectivity index (χ3n) is 5.13. The van der Waals surface area contributed by atoms with Crippen molar-refractivity contribution in [2.24, 2.45) is 5.92 Å². The van der Waals surface area contributed by atoms with E-state index in [1.165, 1.54) is 0 Å². The maximum absolute atomic E-state index is 12.8. The van der Waals surface area contributed by atoms with Crippen molar-refractivity contribution in [2.45, 2.75) is 45.2 Å². The normalized spacial score (nSPS) is 23.2. The number of nitrogens with zero attached hydrogens (tertiary/aromatic N) is 5. The lowest BCUT2D eigenvalue weighted by Gasteiger charge is -2.34. The molecular formula is C18H24N6O. The zero-order valence-corrected chi connectivity index (χ0v) is 14.6. The number of piperidine rings is 1. The van der Waals surface area contributed by atoms with E-state index in [0.717, 1.165) is 56.1 Å². The summed E-state index contributed by atoms with van der Waals surface area (Å²) in [5, 5.41) is 3.26. The highest BCUT2D eigenvalue weighted by Gasteiger charge is 2.29. The van der Waals surface area contributed by atoms with Crippen LogP contribution in [-0.4, -0.2) is 44.6 Å².